The van der Waals surface area contributed by atoms with Gasteiger partial charge in [-0.1, -0.05) is 42.5 Å². The van der Waals surface area contributed by atoms with Crippen LogP contribution in [-0.2, 0) is 6.42 Å². The van der Waals surface area contributed by atoms with Gasteiger partial charge in [0.2, 0.25) is 0 Å². The number of anilines is 3. The van der Waals surface area contributed by atoms with Gasteiger partial charge in [-0.25, -0.2) is 9.37 Å². The molecule has 0 unspecified atom stereocenters. The van der Waals surface area contributed by atoms with Gasteiger partial charge < -0.3 is 15.5 Å². The largest absolute Gasteiger partial charge is 0.369 e. The first-order valence-corrected chi connectivity index (χ1v) is 11.9. The summed E-state index contributed by atoms with van der Waals surface area (Å²) in [5.41, 5.74) is 7.63. The molecule has 5 heteroatoms. The summed E-state index contributed by atoms with van der Waals surface area (Å²) in [7, 11) is 0. The number of nitrogens with one attached hydrogen (secondary N) is 2. The number of rotatable bonds is 4. The smallest absolute Gasteiger partial charge is 0.130 e. The van der Waals surface area contributed by atoms with Crippen LogP contribution in [0.15, 0.2) is 85.1 Å². The molecular weight excluding hydrogens is 423 g/mol. The maximum atomic E-state index is 14.7. The number of piperazine rings is 1. The topological polar surface area (TPSA) is 40.2 Å². The van der Waals surface area contributed by atoms with Crippen molar-refractivity contribution >= 4 is 17.2 Å². The quantitative estimate of drug-likeness (QED) is 0.417. The van der Waals surface area contributed by atoms with Crippen molar-refractivity contribution in [1.82, 2.24) is 10.3 Å². The third kappa shape index (κ3) is 3.93. The fraction of sp³-hybridized carbons (Fsp3) is 0.207. The standard InChI is InChI=1S/C29H27FN4/c30-28-8-4-3-7-25(28)27-17-20-19-32-29(18-26(20)23-5-1-2-6-24(23)27)33-21-9-11-22(12-10-21)34-15-13-31-14-16-34/h1-12,18-19,27,31H,13-17H2,(H,32,33)/t27-/m1/s1. The Labute approximate surface area is 199 Å². The number of pyridine rings is 1. The molecule has 2 heterocycles. The zero-order valence-corrected chi connectivity index (χ0v) is 19.0. The van der Waals surface area contributed by atoms with E-state index in [1.165, 1.54) is 5.69 Å². The minimum Gasteiger partial charge on any atom is -0.369 e. The van der Waals surface area contributed by atoms with Crippen molar-refractivity contribution in [3.63, 3.8) is 0 Å². The van der Waals surface area contributed by atoms with Crippen molar-refractivity contribution in [2.75, 3.05) is 36.4 Å². The number of benzene rings is 3. The van der Waals surface area contributed by atoms with Crippen LogP contribution >= 0.6 is 0 Å². The Hall–Kier alpha value is -3.70. The molecule has 1 fully saturated rings. The summed E-state index contributed by atoms with van der Waals surface area (Å²) in [5.74, 6) is 0.650. The summed E-state index contributed by atoms with van der Waals surface area (Å²) in [6.45, 7) is 4.12. The lowest BCUT2D eigenvalue weighted by molar-refractivity contribution is 0.589. The molecule has 0 spiro atoms. The van der Waals surface area contributed by atoms with Gasteiger partial charge in [-0.2, -0.15) is 0 Å². The van der Waals surface area contributed by atoms with Crippen molar-refractivity contribution in [1.29, 1.82) is 0 Å². The van der Waals surface area contributed by atoms with Crippen molar-refractivity contribution in [2.45, 2.75) is 12.3 Å². The van der Waals surface area contributed by atoms with E-state index < -0.39 is 0 Å². The highest BCUT2D eigenvalue weighted by atomic mass is 19.1. The first kappa shape index (κ1) is 20.9. The van der Waals surface area contributed by atoms with Gasteiger partial charge in [-0.15, -0.1) is 0 Å². The zero-order chi connectivity index (χ0) is 22.9. The third-order valence-electron chi connectivity index (χ3n) is 6.94. The molecule has 0 saturated carbocycles. The molecule has 2 N–H and O–H groups in total. The minimum atomic E-state index is -0.152. The Kier molecular flexibility index (Phi) is 5.47. The molecule has 1 atom stereocenters. The molecule has 2 aliphatic rings. The molecule has 1 saturated heterocycles. The number of fused-ring (bicyclic) bond motifs is 3. The van der Waals surface area contributed by atoms with Crippen molar-refractivity contribution < 1.29 is 4.39 Å². The summed E-state index contributed by atoms with van der Waals surface area (Å²) in [5, 5.41) is 6.86. The SMILES string of the molecule is Fc1ccccc1[C@@H]1Cc2cnc(Nc3ccc(N4CCNCC4)cc3)cc2-c2ccccc21. The maximum absolute atomic E-state index is 14.7. The van der Waals surface area contributed by atoms with Gasteiger partial charge in [0, 0.05) is 49.7 Å². The van der Waals surface area contributed by atoms with E-state index in [1.54, 1.807) is 12.1 Å². The Bertz CT molecular complexity index is 1310. The van der Waals surface area contributed by atoms with E-state index in [4.69, 9.17) is 4.98 Å². The Morgan fingerprint density at radius 1 is 0.853 bits per heavy atom. The molecular formula is C29H27FN4. The number of nitrogens with zero attached hydrogens (tertiary/aromatic N) is 2. The van der Waals surface area contributed by atoms with E-state index in [0.29, 0.717) is 0 Å². The molecule has 1 aromatic heterocycles. The molecule has 170 valence electrons. The number of hydrogen-bond acceptors (Lipinski definition) is 4. The molecule has 0 bridgehead atoms. The monoisotopic (exact) mass is 450 g/mol. The second kappa shape index (κ2) is 8.92. The van der Waals surface area contributed by atoms with Gasteiger partial charge in [0.05, 0.1) is 0 Å². The Morgan fingerprint density at radius 3 is 2.38 bits per heavy atom. The van der Waals surface area contributed by atoms with Crippen molar-refractivity contribution in [3.05, 3.63) is 108 Å². The van der Waals surface area contributed by atoms with Gasteiger partial charge in [0.15, 0.2) is 0 Å². The lowest BCUT2D eigenvalue weighted by Gasteiger charge is -2.29. The lowest BCUT2D eigenvalue weighted by atomic mass is 9.76. The number of halogens is 1. The van der Waals surface area contributed by atoms with Crippen molar-refractivity contribution in [3.8, 4) is 11.1 Å². The molecule has 4 nitrogen and oxygen atoms in total. The average Bonchev–Trinajstić information content (AvgIpc) is 2.90. The summed E-state index contributed by atoms with van der Waals surface area (Å²) >= 11 is 0. The van der Waals surface area contributed by atoms with Crippen LogP contribution in [0.1, 0.15) is 22.6 Å². The summed E-state index contributed by atoms with van der Waals surface area (Å²) in [6, 6.07) is 26.1. The second-order valence-corrected chi connectivity index (χ2v) is 9.00. The normalized spacial score (nSPS) is 17.1. The molecule has 3 aromatic carbocycles. The van der Waals surface area contributed by atoms with Crippen LogP contribution in [0.25, 0.3) is 11.1 Å². The molecule has 1 aliphatic heterocycles. The fourth-order valence-corrected chi connectivity index (χ4v) is 5.20. The zero-order valence-electron chi connectivity index (χ0n) is 19.0. The summed E-state index contributed by atoms with van der Waals surface area (Å²) in [6.07, 6.45) is 2.68. The van der Waals surface area contributed by atoms with E-state index >= 15 is 0 Å². The van der Waals surface area contributed by atoms with Gasteiger partial charge in [0.25, 0.3) is 0 Å². The molecule has 6 rings (SSSR count). The molecule has 0 radical (unpaired) electrons. The lowest BCUT2D eigenvalue weighted by Crippen LogP contribution is -2.43. The highest BCUT2D eigenvalue weighted by molar-refractivity contribution is 5.77. The van der Waals surface area contributed by atoms with E-state index in [-0.39, 0.29) is 11.7 Å². The summed E-state index contributed by atoms with van der Waals surface area (Å²) < 4.78 is 14.7. The highest BCUT2D eigenvalue weighted by Crippen LogP contribution is 2.43. The van der Waals surface area contributed by atoms with Crippen LogP contribution in [0.5, 0.6) is 0 Å². The van der Waals surface area contributed by atoms with Gasteiger partial charge in [-0.05, 0) is 70.6 Å². The van der Waals surface area contributed by atoms with Gasteiger partial charge in [-0.3, -0.25) is 0 Å². The molecule has 4 aromatic rings. The fourth-order valence-electron chi connectivity index (χ4n) is 5.20. The Balaban J connectivity index is 1.28. The van der Waals surface area contributed by atoms with Crippen molar-refractivity contribution in [2.24, 2.45) is 0 Å². The van der Waals surface area contributed by atoms with E-state index in [9.17, 15) is 4.39 Å². The van der Waals surface area contributed by atoms with Gasteiger partial charge >= 0.3 is 0 Å². The van der Waals surface area contributed by atoms with Crippen LogP contribution in [0.2, 0.25) is 0 Å². The second-order valence-electron chi connectivity index (χ2n) is 9.00. The molecule has 34 heavy (non-hydrogen) atoms. The highest BCUT2D eigenvalue weighted by Gasteiger charge is 2.28. The first-order chi connectivity index (χ1) is 16.8. The Morgan fingerprint density at radius 2 is 1.59 bits per heavy atom. The van der Waals surface area contributed by atoms with Crippen LogP contribution < -0.4 is 15.5 Å². The number of aromatic nitrogens is 1. The third-order valence-corrected chi connectivity index (χ3v) is 6.94. The predicted molar refractivity (Wildman–Crippen MR) is 136 cm³/mol. The van der Waals surface area contributed by atoms with E-state index in [2.05, 4.69) is 64.1 Å². The summed E-state index contributed by atoms with van der Waals surface area (Å²) in [4.78, 5) is 7.10. The molecule has 1 aliphatic carbocycles. The first-order valence-electron chi connectivity index (χ1n) is 11.9. The van der Waals surface area contributed by atoms with Gasteiger partial charge in [0.1, 0.15) is 11.6 Å². The minimum absolute atomic E-state index is 0.0111. The van der Waals surface area contributed by atoms with E-state index in [1.807, 2.05) is 24.4 Å². The number of hydrogen-bond donors (Lipinski definition) is 2. The van der Waals surface area contributed by atoms with Crippen LogP contribution in [-0.4, -0.2) is 31.2 Å². The molecule has 0 amide bonds. The predicted octanol–water partition coefficient (Wildman–Crippen LogP) is 5.73. The maximum Gasteiger partial charge on any atom is 0.130 e. The van der Waals surface area contributed by atoms with Crippen LogP contribution in [0.4, 0.5) is 21.6 Å². The van der Waals surface area contributed by atoms with Crippen LogP contribution in [0.3, 0.4) is 0 Å². The average molecular weight is 451 g/mol. The van der Waals surface area contributed by atoms with E-state index in [0.717, 1.165) is 71.9 Å². The van der Waals surface area contributed by atoms with Crippen LogP contribution in [0, 0.1) is 5.82 Å².